The van der Waals surface area contributed by atoms with Gasteiger partial charge in [-0.25, -0.2) is 4.39 Å². The Bertz CT molecular complexity index is 369. The molecule has 0 amide bonds. The highest BCUT2D eigenvalue weighted by Gasteiger charge is 2.23. The quantitative estimate of drug-likeness (QED) is 0.804. The number of hydrogen-bond acceptors (Lipinski definition) is 2. The van der Waals surface area contributed by atoms with Gasteiger partial charge in [0.2, 0.25) is 0 Å². The Morgan fingerprint density at radius 3 is 3.00 bits per heavy atom. The Hall–Kier alpha value is -0.160. The van der Waals surface area contributed by atoms with Gasteiger partial charge >= 0.3 is 0 Å². The molecular formula is C10H10BrClFNO. The first-order valence-electron chi connectivity index (χ1n) is 4.66. The van der Waals surface area contributed by atoms with E-state index >= 15 is 0 Å². The average Bonchev–Trinajstić information content (AvgIpc) is 2.26. The molecule has 1 saturated heterocycles. The number of halogens is 3. The van der Waals surface area contributed by atoms with Gasteiger partial charge in [-0.1, -0.05) is 27.5 Å². The van der Waals surface area contributed by atoms with Crippen molar-refractivity contribution in [3.63, 3.8) is 0 Å². The lowest BCUT2D eigenvalue weighted by molar-refractivity contribution is 0.0251. The lowest BCUT2D eigenvalue weighted by Gasteiger charge is -2.25. The Balaban J connectivity index is 2.36. The topological polar surface area (TPSA) is 21.3 Å². The van der Waals surface area contributed by atoms with Crippen molar-refractivity contribution in [1.29, 1.82) is 0 Å². The van der Waals surface area contributed by atoms with E-state index in [-0.39, 0.29) is 11.1 Å². The predicted octanol–water partition coefficient (Wildman–Crippen LogP) is 2.90. The molecule has 15 heavy (non-hydrogen) atoms. The van der Waals surface area contributed by atoms with Crippen LogP contribution in [0.25, 0.3) is 0 Å². The third kappa shape index (κ3) is 2.33. The lowest BCUT2D eigenvalue weighted by Crippen LogP contribution is -2.34. The van der Waals surface area contributed by atoms with E-state index < -0.39 is 5.82 Å². The largest absolute Gasteiger partial charge is 0.371 e. The Morgan fingerprint density at radius 2 is 2.33 bits per heavy atom. The van der Waals surface area contributed by atoms with Crippen LogP contribution in [0.5, 0.6) is 0 Å². The van der Waals surface area contributed by atoms with Gasteiger partial charge in [0, 0.05) is 23.1 Å². The first-order valence-corrected chi connectivity index (χ1v) is 5.83. The molecule has 1 aromatic rings. The molecule has 0 aliphatic carbocycles. The highest BCUT2D eigenvalue weighted by Crippen LogP contribution is 2.32. The maximum absolute atomic E-state index is 13.8. The Labute approximate surface area is 101 Å². The summed E-state index contributed by atoms with van der Waals surface area (Å²) < 4.78 is 20.0. The molecule has 0 bridgehead atoms. The predicted molar refractivity (Wildman–Crippen MR) is 60.7 cm³/mol. The zero-order valence-electron chi connectivity index (χ0n) is 7.90. The number of benzene rings is 1. The summed E-state index contributed by atoms with van der Waals surface area (Å²) in [4.78, 5) is 0. The van der Waals surface area contributed by atoms with E-state index in [1.54, 1.807) is 6.07 Å². The molecule has 0 spiro atoms. The second-order valence-corrected chi connectivity index (χ2v) is 4.58. The fourth-order valence-corrected chi connectivity index (χ4v) is 2.32. The van der Waals surface area contributed by atoms with Crippen molar-refractivity contribution in [3.8, 4) is 0 Å². The van der Waals surface area contributed by atoms with Gasteiger partial charge in [-0.05, 0) is 12.1 Å². The summed E-state index contributed by atoms with van der Waals surface area (Å²) in [7, 11) is 0. The van der Waals surface area contributed by atoms with Crippen molar-refractivity contribution in [2.24, 2.45) is 0 Å². The summed E-state index contributed by atoms with van der Waals surface area (Å²) in [6.45, 7) is 2.00. The molecule has 2 nitrogen and oxygen atoms in total. The van der Waals surface area contributed by atoms with Gasteiger partial charge in [0.25, 0.3) is 0 Å². The molecule has 1 aliphatic rings. The zero-order chi connectivity index (χ0) is 10.8. The minimum absolute atomic E-state index is 0.127. The second kappa shape index (κ2) is 4.78. The number of nitrogens with one attached hydrogen (secondary N) is 1. The molecule has 1 unspecified atom stereocenters. The minimum atomic E-state index is -0.403. The van der Waals surface area contributed by atoms with Crippen molar-refractivity contribution in [2.45, 2.75) is 6.10 Å². The summed E-state index contributed by atoms with van der Waals surface area (Å²) in [6.07, 6.45) is -0.271. The fraction of sp³-hybridized carbons (Fsp3) is 0.400. The molecule has 1 aromatic carbocycles. The van der Waals surface area contributed by atoms with Crippen molar-refractivity contribution in [2.75, 3.05) is 19.7 Å². The number of hydrogen-bond donors (Lipinski definition) is 1. The van der Waals surface area contributed by atoms with Crippen LogP contribution in [-0.4, -0.2) is 19.7 Å². The maximum Gasteiger partial charge on any atom is 0.148 e. The molecule has 1 aliphatic heterocycles. The fourth-order valence-electron chi connectivity index (χ4n) is 1.59. The van der Waals surface area contributed by atoms with Crippen LogP contribution >= 0.6 is 27.5 Å². The van der Waals surface area contributed by atoms with E-state index in [1.807, 2.05) is 0 Å². The smallest absolute Gasteiger partial charge is 0.148 e. The summed E-state index contributed by atoms with van der Waals surface area (Å²) in [6, 6.07) is 3.26. The molecule has 2 rings (SSSR count). The molecule has 1 N–H and O–H groups in total. The average molecular weight is 295 g/mol. The van der Waals surface area contributed by atoms with E-state index in [9.17, 15) is 4.39 Å². The Kier molecular flexibility index (Phi) is 3.61. The van der Waals surface area contributed by atoms with Gasteiger partial charge in [0.1, 0.15) is 5.82 Å². The molecule has 0 saturated carbocycles. The molecule has 5 heteroatoms. The normalized spacial score (nSPS) is 21.7. The van der Waals surface area contributed by atoms with Crippen molar-refractivity contribution < 1.29 is 9.13 Å². The van der Waals surface area contributed by atoms with Gasteiger partial charge < -0.3 is 10.1 Å². The van der Waals surface area contributed by atoms with Crippen LogP contribution in [0.3, 0.4) is 0 Å². The van der Waals surface area contributed by atoms with Gasteiger partial charge in [0.15, 0.2) is 0 Å². The lowest BCUT2D eigenvalue weighted by atomic mass is 10.1. The molecule has 1 fully saturated rings. The summed E-state index contributed by atoms with van der Waals surface area (Å²) in [5, 5.41) is 3.28. The molecule has 1 atom stereocenters. The zero-order valence-corrected chi connectivity index (χ0v) is 10.2. The molecular weight excluding hydrogens is 284 g/mol. The molecule has 1 heterocycles. The van der Waals surface area contributed by atoms with Crippen molar-refractivity contribution in [3.05, 3.63) is 33.0 Å². The van der Waals surface area contributed by atoms with Gasteiger partial charge in [-0.15, -0.1) is 0 Å². The van der Waals surface area contributed by atoms with Crippen molar-refractivity contribution >= 4 is 27.5 Å². The second-order valence-electron chi connectivity index (χ2n) is 3.32. The molecule has 0 radical (unpaired) electrons. The summed E-state index contributed by atoms with van der Waals surface area (Å²) in [5.74, 6) is -0.403. The number of morpholine rings is 1. The molecule has 82 valence electrons. The van der Waals surface area contributed by atoms with Crippen LogP contribution in [0, 0.1) is 5.82 Å². The number of rotatable bonds is 1. The van der Waals surface area contributed by atoms with Gasteiger partial charge in [-0.3, -0.25) is 0 Å². The maximum atomic E-state index is 13.8. The van der Waals surface area contributed by atoms with Gasteiger partial charge in [-0.2, -0.15) is 0 Å². The monoisotopic (exact) mass is 293 g/mol. The van der Waals surface area contributed by atoms with E-state index in [4.69, 9.17) is 16.3 Å². The first-order chi connectivity index (χ1) is 7.20. The van der Waals surface area contributed by atoms with Crippen molar-refractivity contribution in [1.82, 2.24) is 5.32 Å². The van der Waals surface area contributed by atoms with E-state index in [0.29, 0.717) is 23.2 Å². The highest BCUT2D eigenvalue weighted by atomic mass is 79.9. The third-order valence-electron chi connectivity index (χ3n) is 2.33. The standard InChI is InChI=1S/C10H10BrClFNO/c11-6-1-2-7(12)10(13)9(6)8-5-14-3-4-15-8/h1-2,8,14H,3-5H2. The van der Waals surface area contributed by atoms with Crippen LogP contribution in [0.2, 0.25) is 5.02 Å². The van der Waals surface area contributed by atoms with E-state index in [2.05, 4.69) is 21.2 Å². The summed E-state index contributed by atoms with van der Waals surface area (Å²) in [5.41, 5.74) is 0.495. The molecule has 0 aromatic heterocycles. The van der Waals surface area contributed by atoms with Gasteiger partial charge in [0.05, 0.1) is 17.7 Å². The summed E-state index contributed by atoms with van der Waals surface area (Å²) >= 11 is 9.04. The van der Waals surface area contributed by atoms with Crippen LogP contribution < -0.4 is 5.32 Å². The van der Waals surface area contributed by atoms with Crippen LogP contribution in [0.15, 0.2) is 16.6 Å². The first kappa shape index (κ1) is 11.3. The Morgan fingerprint density at radius 1 is 1.53 bits per heavy atom. The third-order valence-corrected chi connectivity index (χ3v) is 3.31. The van der Waals surface area contributed by atoms with Crippen LogP contribution in [0.4, 0.5) is 4.39 Å². The van der Waals surface area contributed by atoms with Crippen LogP contribution in [-0.2, 0) is 4.74 Å². The van der Waals surface area contributed by atoms with E-state index in [1.165, 1.54) is 6.07 Å². The number of ether oxygens (including phenoxy) is 1. The SMILES string of the molecule is Fc1c(Cl)ccc(Br)c1C1CNCCO1. The van der Waals surface area contributed by atoms with E-state index in [0.717, 1.165) is 6.54 Å². The van der Waals surface area contributed by atoms with Crippen LogP contribution in [0.1, 0.15) is 11.7 Å². The highest BCUT2D eigenvalue weighted by molar-refractivity contribution is 9.10. The minimum Gasteiger partial charge on any atom is -0.371 e.